The smallest absolute Gasteiger partial charge is 0.249 e. The van der Waals surface area contributed by atoms with Crippen molar-refractivity contribution in [3.63, 3.8) is 0 Å². The minimum Gasteiger partial charge on any atom is -0.366 e. The monoisotopic (exact) mass is 290 g/mol. The number of hydrogen-bond acceptors (Lipinski definition) is 2. The summed E-state index contributed by atoms with van der Waals surface area (Å²) < 4.78 is 13.2. The predicted molar refractivity (Wildman–Crippen MR) is 52.3 cm³/mol. The first kappa shape index (κ1) is 9.92. The topological polar surface area (TPSA) is 66.9 Å². The van der Waals surface area contributed by atoms with Gasteiger partial charge in [-0.3, -0.25) is 4.79 Å². The maximum Gasteiger partial charge on any atom is 0.249 e. The summed E-state index contributed by atoms with van der Waals surface area (Å²) in [5.41, 5.74) is 5.15. The summed E-state index contributed by atoms with van der Waals surface area (Å²) in [4.78, 5) is 10.8. The second-order valence-corrected chi connectivity index (χ2v) is 3.37. The van der Waals surface area contributed by atoms with E-state index in [0.717, 1.165) is 12.1 Å². The van der Waals surface area contributed by atoms with E-state index in [1.807, 2.05) is 0 Å². The van der Waals surface area contributed by atoms with E-state index in [9.17, 15) is 9.18 Å². The van der Waals surface area contributed by atoms with Crippen molar-refractivity contribution < 1.29 is 9.18 Å². The highest BCUT2D eigenvalue weighted by Crippen LogP contribution is 2.18. The Labute approximate surface area is 87.5 Å². The van der Waals surface area contributed by atoms with Crippen LogP contribution in [-0.2, 0) is 0 Å². The Kier molecular flexibility index (Phi) is 2.83. The van der Waals surface area contributed by atoms with Crippen molar-refractivity contribution in [3.05, 3.63) is 32.6 Å². The van der Waals surface area contributed by atoms with Gasteiger partial charge in [0.15, 0.2) is 0 Å². The van der Waals surface area contributed by atoms with Gasteiger partial charge in [0.25, 0.3) is 0 Å². The molecular formula is C8H4FIN2O. The van der Waals surface area contributed by atoms with Gasteiger partial charge in [0.2, 0.25) is 5.91 Å². The number of nitrogens with two attached hydrogens (primary N) is 1. The van der Waals surface area contributed by atoms with E-state index in [1.54, 1.807) is 28.7 Å². The number of halogens is 2. The third-order valence-electron chi connectivity index (χ3n) is 1.42. The van der Waals surface area contributed by atoms with Gasteiger partial charge in [-0.15, -0.1) is 0 Å². The third kappa shape index (κ3) is 1.95. The van der Waals surface area contributed by atoms with Crippen molar-refractivity contribution in [2.75, 3.05) is 0 Å². The zero-order valence-corrected chi connectivity index (χ0v) is 8.50. The van der Waals surface area contributed by atoms with E-state index in [4.69, 9.17) is 11.0 Å². The molecule has 1 rings (SSSR count). The van der Waals surface area contributed by atoms with E-state index >= 15 is 0 Å². The van der Waals surface area contributed by atoms with Crippen LogP contribution in [0.5, 0.6) is 0 Å². The van der Waals surface area contributed by atoms with Gasteiger partial charge in [0.1, 0.15) is 11.9 Å². The summed E-state index contributed by atoms with van der Waals surface area (Å²) in [5, 5.41) is 8.58. The molecule has 0 fully saturated rings. The lowest BCUT2D eigenvalue weighted by Crippen LogP contribution is -2.13. The summed E-state index contributed by atoms with van der Waals surface area (Å²) >= 11 is 1.78. The molecular weight excluding hydrogens is 286 g/mol. The van der Waals surface area contributed by atoms with Gasteiger partial charge in [0.05, 0.1) is 11.1 Å². The molecule has 0 saturated carbocycles. The van der Waals surface area contributed by atoms with Crippen molar-refractivity contribution in [2.45, 2.75) is 0 Å². The van der Waals surface area contributed by atoms with Crippen LogP contribution in [-0.4, -0.2) is 5.91 Å². The second-order valence-electron chi connectivity index (χ2n) is 2.29. The first-order valence-electron chi connectivity index (χ1n) is 3.25. The Morgan fingerprint density at radius 1 is 1.62 bits per heavy atom. The molecule has 0 spiro atoms. The van der Waals surface area contributed by atoms with Crippen LogP contribution in [0.1, 0.15) is 15.9 Å². The van der Waals surface area contributed by atoms with E-state index < -0.39 is 11.7 Å². The van der Waals surface area contributed by atoms with Gasteiger partial charge in [-0.1, -0.05) is 0 Å². The molecule has 1 aromatic carbocycles. The van der Waals surface area contributed by atoms with Crippen LogP contribution < -0.4 is 5.73 Å². The highest BCUT2D eigenvalue weighted by molar-refractivity contribution is 14.1. The maximum absolute atomic E-state index is 12.8. The largest absolute Gasteiger partial charge is 0.366 e. The van der Waals surface area contributed by atoms with Crippen molar-refractivity contribution in [3.8, 4) is 6.07 Å². The summed E-state index contributed by atoms with van der Waals surface area (Å²) in [5.74, 6) is -1.37. The standard InChI is InChI=1S/C8H4FIN2O/c9-5-1-4(3-11)7(10)6(2-5)8(12)13/h1-2H,(H2,12,13). The normalized spacial score (nSPS) is 9.31. The van der Waals surface area contributed by atoms with Crippen LogP contribution in [0.2, 0.25) is 0 Å². The SMILES string of the molecule is N#Cc1cc(F)cc(C(N)=O)c1I. The van der Waals surface area contributed by atoms with Crippen LogP contribution in [0.25, 0.3) is 0 Å². The fourth-order valence-corrected chi connectivity index (χ4v) is 1.55. The first-order chi connectivity index (χ1) is 6.06. The average Bonchev–Trinajstić information content (AvgIpc) is 2.08. The Bertz CT molecular complexity index is 411. The van der Waals surface area contributed by atoms with Crippen molar-refractivity contribution >= 4 is 28.5 Å². The minimum atomic E-state index is -0.736. The quantitative estimate of drug-likeness (QED) is 0.794. The predicted octanol–water partition coefficient (Wildman–Crippen LogP) is 1.40. The molecule has 2 N–H and O–H groups in total. The summed E-state index contributed by atoms with van der Waals surface area (Å²) in [6.45, 7) is 0. The molecule has 0 unspecified atom stereocenters. The number of amides is 1. The molecule has 1 amide bonds. The van der Waals surface area contributed by atoms with Gasteiger partial charge in [-0.05, 0) is 34.7 Å². The molecule has 66 valence electrons. The molecule has 0 aliphatic carbocycles. The number of primary amides is 1. The molecule has 0 heterocycles. The lowest BCUT2D eigenvalue weighted by atomic mass is 10.1. The Morgan fingerprint density at radius 3 is 2.69 bits per heavy atom. The molecule has 5 heteroatoms. The fraction of sp³-hybridized carbons (Fsp3) is 0. The number of carbonyl (C=O) groups is 1. The highest BCUT2D eigenvalue weighted by Gasteiger charge is 2.12. The Balaban J connectivity index is 3.47. The van der Waals surface area contributed by atoms with Gasteiger partial charge < -0.3 is 5.73 Å². The molecule has 0 atom stereocenters. The number of nitrogens with zero attached hydrogens (tertiary/aromatic N) is 1. The third-order valence-corrected chi connectivity index (χ3v) is 2.59. The number of hydrogen-bond donors (Lipinski definition) is 1. The molecule has 0 bridgehead atoms. The second kappa shape index (κ2) is 3.70. The highest BCUT2D eigenvalue weighted by atomic mass is 127. The molecule has 0 aliphatic heterocycles. The molecule has 0 radical (unpaired) electrons. The van der Waals surface area contributed by atoms with Crippen molar-refractivity contribution in [2.24, 2.45) is 5.73 Å². The Morgan fingerprint density at radius 2 is 2.23 bits per heavy atom. The number of rotatable bonds is 1. The number of nitriles is 1. The minimum absolute atomic E-state index is 0.0390. The summed E-state index contributed by atoms with van der Waals surface area (Å²) in [6.07, 6.45) is 0. The van der Waals surface area contributed by atoms with Gasteiger partial charge in [0, 0.05) is 3.57 Å². The van der Waals surface area contributed by atoms with Crippen LogP contribution in [0.4, 0.5) is 4.39 Å². The van der Waals surface area contributed by atoms with Gasteiger partial charge in [-0.2, -0.15) is 5.26 Å². The van der Waals surface area contributed by atoms with Crippen LogP contribution >= 0.6 is 22.6 Å². The zero-order valence-electron chi connectivity index (χ0n) is 6.34. The van der Waals surface area contributed by atoms with Crippen molar-refractivity contribution in [1.82, 2.24) is 0 Å². The molecule has 3 nitrogen and oxygen atoms in total. The Hall–Kier alpha value is -1.16. The van der Waals surface area contributed by atoms with E-state index in [0.29, 0.717) is 3.57 Å². The zero-order chi connectivity index (χ0) is 10.0. The summed E-state index contributed by atoms with van der Waals surface area (Å²) in [7, 11) is 0. The molecule has 0 aliphatic rings. The van der Waals surface area contributed by atoms with Crippen LogP contribution in [0.15, 0.2) is 12.1 Å². The lowest BCUT2D eigenvalue weighted by molar-refractivity contribution is 0.0999. The van der Waals surface area contributed by atoms with Crippen LogP contribution in [0.3, 0.4) is 0 Å². The molecule has 0 saturated heterocycles. The summed E-state index contributed by atoms with van der Waals surface area (Å²) in [6, 6.07) is 3.86. The van der Waals surface area contributed by atoms with E-state index in [2.05, 4.69) is 0 Å². The molecule has 0 aromatic heterocycles. The maximum atomic E-state index is 12.8. The average molecular weight is 290 g/mol. The van der Waals surface area contributed by atoms with E-state index in [1.165, 1.54) is 0 Å². The number of benzene rings is 1. The molecule has 1 aromatic rings. The van der Waals surface area contributed by atoms with E-state index in [-0.39, 0.29) is 11.1 Å². The lowest BCUT2D eigenvalue weighted by Gasteiger charge is -2.01. The first-order valence-corrected chi connectivity index (χ1v) is 4.33. The fourth-order valence-electron chi connectivity index (χ4n) is 0.850. The van der Waals surface area contributed by atoms with Crippen LogP contribution in [0, 0.1) is 20.7 Å². The van der Waals surface area contributed by atoms with Gasteiger partial charge >= 0.3 is 0 Å². The number of carbonyl (C=O) groups excluding carboxylic acids is 1. The molecule has 13 heavy (non-hydrogen) atoms. The van der Waals surface area contributed by atoms with Gasteiger partial charge in [-0.25, -0.2) is 4.39 Å². The van der Waals surface area contributed by atoms with Crippen molar-refractivity contribution in [1.29, 1.82) is 5.26 Å².